The summed E-state index contributed by atoms with van der Waals surface area (Å²) in [5.41, 5.74) is 5.94. The fourth-order valence-electron chi connectivity index (χ4n) is 11.0. The summed E-state index contributed by atoms with van der Waals surface area (Å²) >= 11 is 1.51. The van der Waals surface area contributed by atoms with Gasteiger partial charge in [-0.2, -0.15) is 0 Å². The molecular weight excluding hydrogens is 1180 g/mol. The van der Waals surface area contributed by atoms with Crippen molar-refractivity contribution < 1.29 is 61.7 Å². The van der Waals surface area contributed by atoms with Crippen LogP contribution in [0.25, 0.3) is 11.1 Å². The second-order valence-corrected chi connectivity index (χ2v) is 23.4. The lowest BCUT2D eigenvalue weighted by atomic mass is 9.91. The number of hydrogen-bond donors (Lipinski definition) is 0. The first-order chi connectivity index (χ1) is 45.4. The Morgan fingerprint density at radius 1 is 0.370 bits per heavy atom. The molecule has 0 radical (unpaired) electrons. The third-order valence-corrected chi connectivity index (χ3v) is 16.6. The van der Waals surface area contributed by atoms with Gasteiger partial charge in [0.1, 0.15) is 70.0 Å². The molecular formula is C78H70O13S. The summed E-state index contributed by atoms with van der Waals surface area (Å²) in [4.78, 5) is 32.9. The van der Waals surface area contributed by atoms with Crippen LogP contribution in [0, 0.1) is 0 Å². The molecule has 0 unspecified atom stereocenters. The van der Waals surface area contributed by atoms with Gasteiger partial charge in [0.05, 0.1) is 24.3 Å². The number of thioether (sulfide) groups is 1. The maximum atomic E-state index is 16.7. The molecule has 12 rings (SSSR count). The monoisotopic (exact) mass is 1250 g/mol. The Morgan fingerprint density at radius 3 is 1.02 bits per heavy atom. The van der Waals surface area contributed by atoms with Gasteiger partial charge in [-0.3, -0.25) is 0 Å². The van der Waals surface area contributed by atoms with E-state index in [0.29, 0.717) is 5.75 Å². The second kappa shape index (κ2) is 31.3. The third-order valence-electron chi connectivity index (χ3n) is 15.6. The third kappa shape index (κ3) is 15.8. The maximum Gasteiger partial charge on any atom is 0.339 e. The van der Waals surface area contributed by atoms with Crippen LogP contribution in [0.4, 0.5) is 0 Å². The smallest absolute Gasteiger partial charge is 0.339 e. The van der Waals surface area contributed by atoms with Crippen molar-refractivity contribution in [3.8, 4) is 45.6 Å². The molecule has 13 nitrogen and oxygen atoms in total. The first kappa shape index (κ1) is 62.4. The van der Waals surface area contributed by atoms with Crippen LogP contribution in [-0.2, 0) is 76.5 Å². The normalized spacial score (nSPS) is 16.9. The van der Waals surface area contributed by atoms with Gasteiger partial charge in [-0.25, -0.2) is 9.59 Å². The molecule has 1 saturated heterocycles. The summed E-state index contributed by atoms with van der Waals surface area (Å²) in [7, 11) is 0. The van der Waals surface area contributed by atoms with E-state index in [2.05, 4.69) is 0 Å². The zero-order valence-corrected chi connectivity index (χ0v) is 51.7. The Hall–Kier alpha value is -9.83. The van der Waals surface area contributed by atoms with Gasteiger partial charge in [0.25, 0.3) is 0 Å². The quantitative estimate of drug-likeness (QED) is 0.0476. The largest absolute Gasteiger partial charge is 0.485 e. The molecule has 1 fully saturated rings. The summed E-state index contributed by atoms with van der Waals surface area (Å²) in [6.45, 7) is 2.01. The summed E-state index contributed by atoms with van der Waals surface area (Å²) < 4.78 is 77.1. The Bertz CT molecular complexity index is 3960. The molecule has 466 valence electrons. The number of cyclic esters (lactones) is 1. The average Bonchev–Trinajstić information content (AvgIpc) is 0.999. The molecule has 0 saturated carbocycles. The number of fused-ring (bicyclic) bond motifs is 4. The minimum absolute atomic E-state index is 0.0175. The number of carbonyl (C=O) groups is 2. The summed E-state index contributed by atoms with van der Waals surface area (Å²) in [6.07, 6.45) is -4.22. The Kier molecular flexibility index (Phi) is 21.2. The van der Waals surface area contributed by atoms with Gasteiger partial charge in [0, 0.05) is 11.1 Å². The van der Waals surface area contributed by atoms with E-state index in [0.717, 1.165) is 44.5 Å². The van der Waals surface area contributed by atoms with Gasteiger partial charge in [0.2, 0.25) is 11.5 Å². The van der Waals surface area contributed by atoms with E-state index in [1.54, 1.807) is 12.1 Å². The zero-order valence-electron chi connectivity index (χ0n) is 50.9. The molecule has 2 heterocycles. The minimum atomic E-state index is -1.28. The standard InChI is InChI=1S/C78H70O13S/c1-2-92-78-75(88-52-61-41-25-10-26-42-61)74(87-51-60-39-23-9-24-40-60)71-66(90-78)53-89-76(79)62-43-64(81-45-54-27-11-3-12-28-54)69(83-47-56-31-15-5-16-32-56)72(85-49-58-35-19-7-20-36-58)67(62)68-63(77(80)91-71)44-65(82-46-55-29-13-4-14-30-55)70(84-48-57-33-17-6-18-34-57)73(68)86-50-59-37-21-8-22-38-59/h3-44,66,71,74-75,78H,2,45-53H2,1H3/t66-,71-,74+,75-,78+/m1/s1. The molecule has 0 spiro atoms. The van der Waals surface area contributed by atoms with E-state index >= 15 is 9.59 Å². The molecule has 2 aliphatic heterocycles. The van der Waals surface area contributed by atoms with Crippen molar-refractivity contribution >= 4 is 23.7 Å². The lowest BCUT2D eigenvalue weighted by molar-refractivity contribution is -0.237. The van der Waals surface area contributed by atoms with Gasteiger partial charge in [-0.05, 0) is 62.4 Å². The van der Waals surface area contributed by atoms with Crippen molar-refractivity contribution in [2.45, 2.75) is 89.6 Å². The highest BCUT2D eigenvalue weighted by Crippen LogP contribution is 2.56. The Labute approximate surface area is 540 Å². The van der Waals surface area contributed by atoms with Crippen LogP contribution in [0.15, 0.2) is 255 Å². The second-order valence-electron chi connectivity index (χ2n) is 22.0. The van der Waals surface area contributed by atoms with E-state index in [9.17, 15) is 0 Å². The van der Waals surface area contributed by atoms with Crippen LogP contribution in [-0.4, -0.2) is 54.2 Å². The van der Waals surface area contributed by atoms with E-state index in [1.165, 1.54) is 11.8 Å². The van der Waals surface area contributed by atoms with Gasteiger partial charge in [0.15, 0.2) is 29.1 Å². The number of esters is 2. The fraction of sp³-hybridized carbons (Fsp3) is 0.205. The van der Waals surface area contributed by atoms with Crippen molar-refractivity contribution in [3.05, 3.63) is 310 Å². The van der Waals surface area contributed by atoms with E-state index in [-0.39, 0.29) is 110 Å². The number of hydrogen-bond acceptors (Lipinski definition) is 14. The van der Waals surface area contributed by atoms with Crippen LogP contribution in [0.1, 0.15) is 72.1 Å². The van der Waals surface area contributed by atoms with E-state index in [4.69, 9.17) is 52.1 Å². The molecule has 10 aromatic carbocycles. The zero-order chi connectivity index (χ0) is 62.7. The highest BCUT2D eigenvalue weighted by molar-refractivity contribution is 7.99. The molecule has 0 aromatic heterocycles. The first-order valence-electron chi connectivity index (χ1n) is 30.8. The van der Waals surface area contributed by atoms with Gasteiger partial charge in [-0.1, -0.05) is 250 Å². The summed E-state index contributed by atoms with van der Waals surface area (Å²) in [5, 5.41) is 0. The topological polar surface area (TPSA) is 136 Å². The molecule has 0 N–H and O–H groups in total. The van der Waals surface area contributed by atoms with Crippen molar-refractivity contribution in [1.82, 2.24) is 0 Å². The predicted molar refractivity (Wildman–Crippen MR) is 353 cm³/mol. The SMILES string of the molecule is CCS[C@@H]1O[C@@H]2COC(=O)c3cc(OCc4ccccc4)c(OCc4ccccc4)c(OCc4ccccc4)c3-c3c(cc(OCc4ccccc4)c(OCc4ccccc4)c3OCc3ccccc3)C(=O)O[C@H]2[C@H](OCc2ccccc2)[C@H]1OCc1ccccc1. The molecule has 0 bridgehead atoms. The predicted octanol–water partition coefficient (Wildman–Crippen LogP) is 16.2. The van der Waals surface area contributed by atoms with Gasteiger partial charge in [-0.15, -0.1) is 11.8 Å². The summed E-state index contributed by atoms with van der Waals surface area (Å²) in [6, 6.07) is 80.7. The summed E-state index contributed by atoms with van der Waals surface area (Å²) in [5.74, 6) is -0.491. The fourth-order valence-corrected chi connectivity index (χ4v) is 12.0. The van der Waals surface area contributed by atoms with Crippen LogP contribution >= 0.6 is 11.8 Å². The molecule has 14 heteroatoms. The number of carbonyl (C=O) groups excluding carboxylic acids is 2. The van der Waals surface area contributed by atoms with E-state index < -0.39 is 48.4 Å². The Balaban J connectivity index is 1.13. The Morgan fingerprint density at radius 2 is 0.674 bits per heavy atom. The molecule has 0 aliphatic carbocycles. The van der Waals surface area contributed by atoms with Crippen molar-refractivity contribution in [2.24, 2.45) is 0 Å². The molecule has 92 heavy (non-hydrogen) atoms. The number of rotatable bonds is 26. The lowest BCUT2D eigenvalue weighted by Crippen LogP contribution is -2.61. The van der Waals surface area contributed by atoms with E-state index in [1.807, 2.05) is 250 Å². The molecule has 10 aromatic rings. The van der Waals surface area contributed by atoms with Crippen LogP contribution in [0.3, 0.4) is 0 Å². The van der Waals surface area contributed by atoms with Crippen LogP contribution in [0.2, 0.25) is 0 Å². The number of ether oxygens (including phenoxy) is 11. The molecule has 5 atom stereocenters. The number of benzene rings is 10. The maximum absolute atomic E-state index is 16.7. The highest BCUT2D eigenvalue weighted by atomic mass is 32.2. The first-order valence-corrected chi connectivity index (χ1v) is 31.9. The lowest BCUT2D eigenvalue weighted by Gasteiger charge is -2.45. The van der Waals surface area contributed by atoms with Gasteiger partial charge < -0.3 is 52.1 Å². The average molecular weight is 1250 g/mol. The van der Waals surface area contributed by atoms with Crippen molar-refractivity contribution in [1.29, 1.82) is 0 Å². The van der Waals surface area contributed by atoms with Crippen molar-refractivity contribution in [2.75, 3.05) is 12.4 Å². The van der Waals surface area contributed by atoms with Crippen molar-refractivity contribution in [3.63, 3.8) is 0 Å². The molecule has 2 aliphatic rings. The minimum Gasteiger partial charge on any atom is -0.485 e. The van der Waals surface area contributed by atoms with Crippen LogP contribution in [0.5, 0.6) is 34.5 Å². The molecule has 0 amide bonds. The van der Waals surface area contributed by atoms with Gasteiger partial charge >= 0.3 is 11.9 Å². The highest BCUT2D eigenvalue weighted by Gasteiger charge is 2.51. The van der Waals surface area contributed by atoms with Crippen LogP contribution < -0.4 is 28.4 Å².